The number of carbonyl (C=O) groups excluding carboxylic acids is 1. The van der Waals surface area contributed by atoms with Crippen LogP contribution in [0.1, 0.15) is 18.4 Å². The van der Waals surface area contributed by atoms with E-state index in [-0.39, 0.29) is 18.9 Å². The number of halogens is 1. The van der Waals surface area contributed by atoms with Crippen molar-refractivity contribution in [3.63, 3.8) is 0 Å². The zero-order chi connectivity index (χ0) is 19.3. The van der Waals surface area contributed by atoms with Gasteiger partial charge in [-0.1, -0.05) is 35.9 Å². The summed E-state index contributed by atoms with van der Waals surface area (Å²) in [5.41, 5.74) is 2.05. The summed E-state index contributed by atoms with van der Waals surface area (Å²) in [5.74, 6) is -0.0625. The van der Waals surface area contributed by atoms with Gasteiger partial charge in [-0.25, -0.2) is 8.42 Å². The third-order valence-electron chi connectivity index (χ3n) is 4.18. The van der Waals surface area contributed by atoms with Crippen LogP contribution in [0.5, 0.6) is 0 Å². The molecule has 1 amide bonds. The van der Waals surface area contributed by atoms with E-state index in [0.717, 1.165) is 11.9 Å². The number of amides is 1. The predicted molar refractivity (Wildman–Crippen MR) is 107 cm³/mol. The summed E-state index contributed by atoms with van der Waals surface area (Å²) in [5, 5.41) is 0.510. The molecule has 0 atom stereocenters. The van der Waals surface area contributed by atoms with Crippen LogP contribution in [0.15, 0.2) is 48.5 Å². The van der Waals surface area contributed by atoms with Crippen molar-refractivity contribution in [2.24, 2.45) is 0 Å². The van der Waals surface area contributed by atoms with Gasteiger partial charge >= 0.3 is 0 Å². The summed E-state index contributed by atoms with van der Waals surface area (Å²) >= 11 is 6.12. The Morgan fingerprint density at radius 2 is 1.73 bits per heavy atom. The molecule has 0 spiro atoms. The topological polar surface area (TPSA) is 57.7 Å². The number of hydrogen-bond donors (Lipinski definition) is 0. The molecule has 0 aliphatic rings. The highest BCUT2D eigenvalue weighted by Crippen LogP contribution is 2.28. The predicted octanol–water partition coefficient (Wildman–Crippen LogP) is 3.86. The molecule has 0 saturated heterocycles. The van der Waals surface area contributed by atoms with E-state index < -0.39 is 10.0 Å². The number of carbonyl (C=O) groups is 1. The van der Waals surface area contributed by atoms with Gasteiger partial charge in [0.25, 0.3) is 0 Å². The van der Waals surface area contributed by atoms with E-state index in [1.807, 2.05) is 30.3 Å². The fourth-order valence-electron chi connectivity index (χ4n) is 2.67. The van der Waals surface area contributed by atoms with Gasteiger partial charge in [-0.3, -0.25) is 9.10 Å². The summed E-state index contributed by atoms with van der Waals surface area (Å²) < 4.78 is 25.7. The van der Waals surface area contributed by atoms with Crippen LogP contribution in [0.4, 0.5) is 11.4 Å². The van der Waals surface area contributed by atoms with Gasteiger partial charge in [0.1, 0.15) is 0 Å². The summed E-state index contributed by atoms with van der Waals surface area (Å²) in [6, 6.07) is 14.5. The van der Waals surface area contributed by atoms with E-state index in [9.17, 15) is 13.2 Å². The van der Waals surface area contributed by atoms with Crippen molar-refractivity contribution in [1.82, 2.24) is 0 Å². The number of hydrogen-bond acceptors (Lipinski definition) is 3. The van der Waals surface area contributed by atoms with Crippen molar-refractivity contribution >= 4 is 38.9 Å². The van der Waals surface area contributed by atoms with Gasteiger partial charge in [-0.05, 0) is 43.2 Å². The first-order valence-corrected chi connectivity index (χ1v) is 10.5. The number of anilines is 2. The molecule has 7 heteroatoms. The molecule has 0 unspecified atom stereocenters. The van der Waals surface area contributed by atoms with Crippen LogP contribution in [0, 0.1) is 6.92 Å². The van der Waals surface area contributed by atoms with Crippen LogP contribution in [0.25, 0.3) is 0 Å². The van der Waals surface area contributed by atoms with Crippen LogP contribution in [-0.4, -0.2) is 34.2 Å². The SMILES string of the molecule is Cc1c(Cl)cccc1N(CCCC(=O)N(C)c1ccccc1)S(C)(=O)=O. The average Bonchev–Trinajstić information content (AvgIpc) is 2.60. The highest BCUT2D eigenvalue weighted by molar-refractivity contribution is 7.92. The monoisotopic (exact) mass is 394 g/mol. The first kappa shape index (κ1) is 20.3. The maximum Gasteiger partial charge on any atom is 0.232 e. The van der Waals surface area contributed by atoms with Gasteiger partial charge in [0.05, 0.1) is 11.9 Å². The van der Waals surface area contributed by atoms with Gasteiger partial charge in [0.2, 0.25) is 15.9 Å². The Bertz CT molecular complexity index is 870. The van der Waals surface area contributed by atoms with Crippen molar-refractivity contribution in [2.75, 3.05) is 29.1 Å². The Hall–Kier alpha value is -2.05. The summed E-state index contributed by atoms with van der Waals surface area (Å²) in [4.78, 5) is 13.9. The van der Waals surface area contributed by atoms with Crippen LogP contribution < -0.4 is 9.21 Å². The minimum atomic E-state index is -3.48. The number of nitrogens with zero attached hydrogens (tertiary/aromatic N) is 2. The van der Waals surface area contributed by atoms with Gasteiger partial charge < -0.3 is 4.90 Å². The number of para-hydroxylation sites is 1. The Kier molecular flexibility index (Phi) is 6.67. The highest BCUT2D eigenvalue weighted by atomic mass is 35.5. The molecular formula is C19H23ClN2O3S. The van der Waals surface area contributed by atoms with Crippen molar-refractivity contribution < 1.29 is 13.2 Å². The molecule has 2 aromatic carbocycles. The molecule has 0 aliphatic heterocycles. The van der Waals surface area contributed by atoms with E-state index in [1.165, 1.54) is 4.31 Å². The molecule has 0 aliphatic carbocycles. The Labute approximate surface area is 160 Å². The molecule has 0 heterocycles. The summed E-state index contributed by atoms with van der Waals surface area (Å²) in [6.45, 7) is 2.00. The van der Waals surface area contributed by atoms with Crippen LogP contribution in [0.2, 0.25) is 5.02 Å². The van der Waals surface area contributed by atoms with Crippen molar-refractivity contribution in [3.05, 3.63) is 59.1 Å². The van der Waals surface area contributed by atoms with Gasteiger partial charge in [-0.2, -0.15) is 0 Å². The molecule has 5 nitrogen and oxygen atoms in total. The average molecular weight is 395 g/mol. The molecule has 0 bridgehead atoms. The maximum atomic E-state index is 12.4. The van der Waals surface area contributed by atoms with E-state index >= 15 is 0 Å². The number of benzene rings is 2. The Morgan fingerprint density at radius 1 is 1.08 bits per heavy atom. The van der Waals surface area contributed by atoms with E-state index in [0.29, 0.717) is 22.7 Å². The third-order valence-corrected chi connectivity index (χ3v) is 5.77. The van der Waals surface area contributed by atoms with Crippen LogP contribution in [-0.2, 0) is 14.8 Å². The largest absolute Gasteiger partial charge is 0.316 e. The van der Waals surface area contributed by atoms with E-state index in [2.05, 4.69) is 0 Å². The zero-order valence-electron chi connectivity index (χ0n) is 15.1. The number of rotatable bonds is 7. The minimum absolute atomic E-state index is 0.0625. The smallest absolute Gasteiger partial charge is 0.232 e. The minimum Gasteiger partial charge on any atom is -0.316 e. The van der Waals surface area contributed by atoms with Crippen molar-refractivity contribution in [2.45, 2.75) is 19.8 Å². The third kappa shape index (κ3) is 4.99. The summed E-state index contributed by atoms with van der Waals surface area (Å²) in [7, 11) is -1.76. The molecule has 0 N–H and O–H groups in total. The lowest BCUT2D eigenvalue weighted by molar-refractivity contribution is -0.118. The normalized spacial score (nSPS) is 11.2. The second-order valence-electron chi connectivity index (χ2n) is 6.11. The molecule has 0 radical (unpaired) electrons. The molecular weight excluding hydrogens is 372 g/mol. The van der Waals surface area contributed by atoms with E-state index in [1.54, 1.807) is 37.1 Å². The second kappa shape index (κ2) is 8.56. The number of sulfonamides is 1. The second-order valence-corrected chi connectivity index (χ2v) is 8.42. The quantitative estimate of drug-likeness (QED) is 0.716. The summed E-state index contributed by atoms with van der Waals surface area (Å²) in [6.07, 6.45) is 1.82. The molecule has 140 valence electrons. The standard InChI is InChI=1S/C19H23ClN2O3S/c1-15-17(20)11-7-12-18(15)22(26(3,24)25)14-8-13-19(23)21(2)16-9-5-4-6-10-16/h4-7,9-12H,8,13-14H2,1-3H3. The molecule has 0 fully saturated rings. The Balaban J connectivity index is 2.07. The van der Waals surface area contributed by atoms with Crippen molar-refractivity contribution in [1.29, 1.82) is 0 Å². The Morgan fingerprint density at radius 3 is 2.35 bits per heavy atom. The lowest BCUT2D eigenvalue weighted by Gasteiger charge is -2.25. The molecule has 26 heavy (non-hydrogen) atoms. The fraction of sp³-hybridized carbons (Fsp3) is 0.316. The van der Waals surface area contributed by atoms with Crippen molar-refractivity contribution in [3.8, 4) is 0 Å². The fourth-order valence-corrected chi connectivity index (χ4v) is 3.85. The lowest BCUT2D eigenvalue weighted by Crippen LogP contribution is -2.33. The first-order chi connectivity index (χ1) is 12.2. The highest BCUT2D eigenvalue weighted by Gasteiger charge is 2.20. The van der Waals surface area contributed by atoms with Crippen LogP contribution in [0.3, 0.4) is 0 Å². The lowest BCUT2D eigenvalue weighted by atomic mass is 10.2. The van der Waals surface area contributed by atoms with Gasteiger partial charge in [-0.15, -0.1) is 0 Å². The zero-order valence-corrected chi connectivity index (χ0v) is 16.7. The van der Waals surface area contributed by atoms with E-state index in [4.69, 9.17) is 11.6 Å². The van der Waals surface area contributed by atoms with Gasteiger partial charge in [0, 0.05) is 30.7 Å². The molecule has 0 aromatic heterocycles. The maximum absolute atomic E-state index is 12.4. The molecule has 2 rings (SSSR count). The molecule has 0 saturated carbocycles. The van der Waals surface area contributed by atoms with Crippen LogP contribution >= 0.6 is 11.6 Å². The molecule has 2 aromatic rings. The first-order valence-electron chi connectivity index (χ1n) is 8.26. The van der Waals surface area contributed by atoms with Gasteiger partial charge in [0.15, 0.2) is 0 Å².